The number of benzene rings is 5. The normalized spacial score (nSPS) is 10.8. The number of carbonyl (C=O) groups is 3. The van der Waals surface area contributed by atoms with E-state index in [4.69, 9.17) is 9.47 Å². The largest absolute Gasteiger partial charge is 0.376 e. The second-order valence-corrected chi connectivity index (χ2v) is 14.9. The van der Waals surface area contributed by atoms with Crippen molar-refractivity contribution in [3.63, 3.8) is 0 Å². The first kappa shape index (κ1) is 39.5. The van der Waals surface area contributed by atoms with Crippen LogP contribution in [-0.4, -0.2) is 37.4 Å². The van der Waals surface area contributed by atoms with Crippen LogP contribution in [0.3, 0.4) is 0 Å². The number of hydrogen-bond donors (Lipinski definition) is 0. The number of carbonyl (C=O) groups excluding carboxylic acids is 3. The van der Waals surface area contributed by atoms with E-state index in [2.05, 4.69) is 36.4 Å². The van der Waals surface area contributed by atoms with Crippen molar-refractivity contribution in [3.05, 3.63) is 174 Å². The summed E-state index contributed by atoms with van der Waals surface area (Å²) in [6, 6.07) is 51.1. The van der Waals surface area contributed by atoms with Gasteiger partial charge in [-0.15, -0.1) is 0 Å². The average molecular weight is 687 g/mol. The molecule has 0 N–H and O–H groups in total. The van der Waals surface area contributed by atoms with Gasteiger partial charge in [-0.1, -0.05) is 158 Å². The third-order valence-corrected chi connectivity index (χ3v) is 12.0. The Hall–Kier alpha value is -4.93. The fourth-order valence-corrected chi connectivity index (χ4v) is 9.30. The molecule has 5 aromatic rings. The van der Waals surface area contributed by atoms with Crippen LogP contribution in [0.2, 0.25) is 0 Å². The monoisotopic (exact) mass is 686 g/mol. The molecule has 0 saturated carbocycles. The Balaban J connectivity index is 0.000000217. The molecule has 50 heavy (non-hydrogen) atoms. The molecule has 0 bridgehead atoms. The van der Waals surface area contributed by atoms with E-state index < -0.39 is 6.89 Å². The number of aldehydes is 3. The lowest BCUT2D eigenvalue weighted by atomic mass is 10.2. The number of hydrogen-bond acceptors (Lipinski definition) is 5. The second kappa shape index (κ2) is 23.4. The molecule has 258 valence electrons. The smallest absolute Gasteiger partial charge is 0.146 e. The summed E-state index contributed by atoms with van der Waals surface area (Å²) in [4.78, 5) is 32.1. The van der Waals surface area contributed by atoms with E-state index in [-0.39, 0.29) is 0 Å². The van der Waals surface area contributed by atoms with E-state index in [0.717, 1.165) is 41.7 Å². The lowest BCUT2D eigenvalue weighted by Gasteiger charge is -2.30. The molecule has 0 aliphatic carbocycles. The van der Waals surface area contributed by atoms with Crippen molar-refractivity contribution in [3.8, 4) is 0 Å². The fraction of sp³-hybridized carbons (Fsp3) is 0.182. The summed E-state index contributed by atoms with van der Waals surface area (Å²) in [5.41, 5.74) is 3.08. The SMILES string of the molecule is C/C(C=O)=C\CCOCc1ccccc1.CC(C=O)=P(c1ccccc1)(c1ccccc1)c1ccccc1.O=CCCOCc1ccccc1. The Labute approximate surface area is 297 Å². The summed E-state index contributed by atoms with van der Waals surface area (Å²) in [6.07, 6.45) is 5.91. The highest BCUT2D eigenvalue weighted by atomic mass is 31.2. The molecule has 0 aliphatic rings. The second-order valence-electron chi connectivity index (χ2n) is 11.3. The van der Waals surface area contributed by atoms with E-state index in [9.17, 15) is 14.4 Å². The van der Waals surface area contributed by atoms with Gasteiger partial charge in [0.25, 0.3) is 0 Å². The molecule has 0 saturated heterocycles. The number of allylic oxidation sites excluding steroid dienone is 1. The Morgan fingerprint density at radius 3 is 1.20 bits per heavy atom. The number of ether oxygens (including phenoxy) is 2. The van der Waals surface area contributed by atoms with Gasteiger partial charge in [0, 0.05) is 6.42 Å². The average Bonchev–Trinajstić information content (AvgIpc) is 3.19. The van der Waals surface area contributed by atoms with Gasteiger partial charge in [0.1, 0.15) is 18.9 Å². The molecule has 0 radical (unpaired) electrons. The quantitative estimate of drug-likeness (QED) is 0.0485. The predicted octanol–water partition coefficient (Wildman–Crippen LogP) is 7.90. The van der Waals surface area contributed by atoms with Gasteiger partial charge in [-0.2, -0.15) is 0 Å². The molecular weight excluding hydrogens is 639 g/mol. The van der Waals surface area contributed by atoms with Crippen LogP contribution in [0.5, 0.6) is 0 Å². The lowest BCUT2D eigenvalue weighted by molar-refractivity contribution is -0.109. The molecule has 0 unspecified atom stereocenters. The van der Waals surface area contributed by atoms with Crippen molar-refractivity contribution in [2.75, 3.05) is 13.2 Å². The molecular formula is C44H47O5P. The Bertz CT molecular complexity index is 1650. The highest BCUT2D eigenvalue weighted by Gasteiger charge is 2.27. The van der Waals surface area contributed by atoms with Crippen LogP contribution in [0.25, 0.3) is 0 Å². The third-order valence-electron chi connectivity index (χ3n) is 7.65. The van der Waals surface area contributed by atoms with E-state index in [1.807, 2.05) is 128 Å². The summed E-state index contributed by atoms with van der Waals surface area (Å²) in [5.74, 6) is 0. The first-order valence-corrected chi connectivity index (χ1v) is 18.5. The van der Waals surface area contributed by atoms with Gasteiger partial charge >= 0.3 is 0 Å². The maximum Gasteiger partial charge on any atom is 0.146 e. The van der Waals surface area contributed by atoms with Crippen LogP contribution in [0, 0.1) is 0 Å². The lowest BCUT2D eigenvalue weighted by Crippen LogP contribution is -2.30. The zero-order valence-corrected chi connectivity index (χ0v) is 29.9. The van der Waals surface area contributed by atoms with Gasteiger partial charge in [0.2, 0.25) is 0 Å². The molecule has 5 aromatic carbocycles. The highest BCUT2D eigenvalue weighted by Crippen LogP contribution is 2.45. The molecule has 5 rings (SSSR count). The summed E-state index contributed by atoms with van der Waals surface area (Å²) in [6.45, 7) is 4.06. The maximum absolute atomic E-state index is 11.9. The van der Waals surface area contributed by atoms with Crippen molar-refractivity contribution >= 4 is 47.0 Å². The summed E-state index contributed by atoms with van der Waals surface area (Å²) in [7, 11) is 0. The Morgan fingerprint density at radius 1 is 0.500 bits per heavy atom. The highest BCUT2D eigenvalue weighted by molar-refractivity contribution is 7.96. The van der Waals surface area contributed by atoms with Gasteiger partial charge in [0.15, 0.2) is 0 Å². The molecule has 5 nitrogen and oxygen atoms in total. The Kier molecular flexibility index (Phi) is 18.5. The zero-order chi connectivity index (χ0) is 35.7. The Morgan fingerprint density at radius 2 is 0.860 bits per heavy atom. The van der Waals surface area contributed by atoms with Gasteiger partial charge in [-0.25, -0.2) is 0 Å². The van der Waals surface area contributed by atoms with Gasteiger partial charge in [-0.05, 0) is 65.1 Å². The topological polar surface area (TPSA) is 69.7 Å². The van der Waals surface area contributed by atoms with Crippen LogP contribution in [0.4, 0.5) is 0 Å². The molecule has 6 heteroatoms. The van der Waals surface area contributed by atoms with Crippen LogP contribution >= 0.6 is 6.89 Å². The van der Waals surface area contributed by atoms with Crippen molar-refractivity contribution < 1.29 is 23.9 Å². The van der Waals surface area contributed by atoms with Gasteiger partial charge < -0.3 is 14.3 Å². The molecule has 0 fully saturated rings. The van der Waals surface area contributed by atoms with Gasteiger partial charge in [0.05, 0.1) is 26.4 Å². The molecule has 0 atom stereocenters. The van der Waals surface area contributed by atoms with E-state index >= 15 is 0 Å². The first-order valence-electron chi connectivity index (χ1n) is 16.7. The molecule has 0 aromatic heterocycles. The minimum absolute atomic E-state index is 0.479. The predicted molar refractivity (Wildman–Crippen MR) is 209 cm³/mol. The van der Waals surface area contributed by atoms with Crippen molar-refractivity contribution in [1.29, 1.82) is 0 Å². The van der Waals surface area contributed by atoms with Gasteiger partial charge in [-0.3, -0.25) is 9.59 Å². The number of rotatable bonds is 15. The van der Waals surface area contributed by atoms with Crippen LogP contribution < -0.4 is 15.9 Å². The molecule has 0 aliphatic heterocycles. The minimum atomic E-state index is -2.10. The van der Waals surface area contributed by atoms with Crippen LogP contribution in [0.15, 0.2) is 163 Å². The van der Waals surface area contributed by atoms with E-state index in [1.165, 1.54) is 21.5 Å². The van der Waals surface area contributed by atoms with Crippen LogP contribution in [0.1, 0.15) is 37.8 Å². The maximum atomic E-state index is 11.9. The first-order chi connectivity index (χ1) is 24.6. The molecule has 0 spiro atoms. The van der Waals surface area contributed by atoms with Crippen molar-refractivity contribution in [2.45, 2.75) is 39.9 Å². The summed E-state index contributed by atoms with van der Waals surface area (Å²) < 4.78 is 10.7. The van der Waals surface area contributed by atoms with Crippen molar-refractivity contribution in [1.82, 2.24) is 0 Å². The summed E-state index contributed by atoms with van der Waals surface area (Å²) >= 11 is 0. The molecule has 0 amide bonds. The minimum Gasteiger partial charge on any atom is -0.376 e. The van der Waals surface area contributed by atoms with E-state index in [0.29, 0.717) is 32.8 Å². The van der Waals surface area contributed by atoms with E-state index in [1.54, 1.807) is 6.92 Å². The zero-order valence-electron chi connectivity index (χ0n) is 29.0. The third kappa shape index (κ3) is 12.8. The van der Waals surface area contributed by atoms with Crippen LogP contribution in [-0.2, 0) is 37.1 Å². The molecule has 0 heterocycles. The van der Waals surface area contributed by atoms with Crippen molar-refractivity contribution in [2.24, 2.45) is 0 Å². The fourth-order valence-electron chi connectivity index (χ4n) is 5.17. The summed E-state index contributed by atoms with van der Waals surface area (Å²) in [5, 5.41) is 4.52. The standard InChI is InChI=1S/C21H19OP.C13H16O2.C10H12O2/c1-18(17-22)23(19-11-5-2-6-12-19,20-13-7-3-8-14-20)21-15-9-4-10-16-21;1-12(10-14)6-5-9-15-11-13-7-3-2-4-8-13;11-7-4-8-12-9-10-5-2-1-3-6-10/h2-17H,1H3;2-4,6-8,10H,5,9,11H2,1H3;1-3,5-7H,4,8-9H2/b;12-6+;.